The zero-order chi connectivity index (χ0) is 29.7. The van der Waals surface area contributed by atoms with E-state index in [2.05, 4.69) is 21.4 Å². The summed E-state index contributed by atoms with van der Waals surface area (Å²) in [6, 6.07) is 12.8. The maximum absolute atomic E-state index is 13.5. The first-order valence-corrected chi connectivity index (χ1v) is 15.4. The minimum Gasteiger partial charge on any atom is -0.406 e. The van der Waals surface area contributed by atoms with Gasteiger partial charge in [0, 0.05) is 5.56 Å². The highest BCUT2D eigenvalue weighted by Crippen LogP contribution is 2.30. The van der Waals surface area contributed by atoms with Crippen molar-refractivity contribution in [3.63, 3.8) is 0 Å². The van der Waals surface area contributed by atoms with Crippen molar-refractivity contribution in [1.82, 2.24) is 10.6 Å². The van der Waals surface area contributed by atoms with Crippen molar-refractivity contribution in [2.45, 2.75) is 69.3 Å². The average molecular weight is 592 g/mol. The molecule has 2 amide bonds. The molecule has 1 aliphatic heterocycles. The monoisotopic (exact) mass is 591 g/mol. The molecule has 1 atom stereocenters. The highest BCUT2D eigenvalue weighted by molar-refractivity contribution is 7.91. The van der Waals surface area contributed by atoms with Crippen molar-refractivity contribution in [3.8, 4) is 22.9 Å². The fourth-order valence-corrected chi connectivity index (χ4v) is 6.94. The Morgan fingerprint density at radius 2 is 1.66 bits per heavy atom. The van der Waals surface area contributed by atoms with Crippen LogP contribution in [0.15, 0.2) is 48.5 Å². The molecule has 0 spiro atoms. The lowest BCUT2D eigenvalue weighted by Gasteiger charge is -2.34. The molecule has 0 aromatic heterocycles. The molecule has 220 valence electrons. The van der Waals surface area contributed by atoms with Crippen LogP contribution in [0, 0.1) is 17.2 Å². The second-order valence-corrected chi connectivity index (χ2v) is 13.1. The van der Waals surface area contributed by atoms with Gasteiger partial charge in [0.1, 0.15) is 17.3 Å². The van der Waals surface area contributed by atoms with E-state index in [1.807, 2.05) is 0 Å². The summed E-state index contributed by atoms with van der Waals surface area (Å²) in [5.74, 6) is -1.70. The summed E-state index contributed by atoms with van der Waals surface area (Å²) < 4.78 is 65.9. The Kier molecular flexibility index (Phi) is 9.27. The average Bonchev–Trinajstić information content (AvgIpc) is 2.94. The molecule has 4 rings (SSSR count). The van der Waals surface area contributed by atoms with Gasteiger partial charge in [-0.05, 0) is 60.6 Å². The third-order valence-electron chi connectivity index (χ3n) is 7.70. The molecular formula is C29H32F3N3O5S. The van der Waals surface area contributed by atoms with Crippen LogP contribution in [0.2, 0.25) is 0 Å². The summed E-state index contributed by atoms with van der Waals surface area (Å²) in [6.07, 6.45) is 0.437. The normalized spacial score (nSPS) is 19.4. The molecule has 12 heteroatoms. The van der Waals surface area contributed by atoms with Gasteiger partial charge in [-0.1, -0.05) is 56.4 Å². The number of hydrogen-bond acceptors (Lipinski definition) is 6. The van der Waals surface area contributed by atoms with E-state index in [0.717, 1.165) is 32.1 Å². The molecular weight excluding hydrogens is 559 g/mol. The van der Waals surface area contributed by atoms with E-state index in [-0.39, 0.29) is 35.8 Å². The maximum atomic E-state index is 13.5. The molecule has 1 aliphatic carbocycles. The number of nitrogens with zero attached hydrogens (tertiary/aromatic N) is 1. The van der Waals surface area contributed by atoms with Crippen LogP contribution in [-0.4, -0.2) is 49.7 Å². The highest BCUT2D eigenvalue weighted by Gasteiger charge is 2.40. The van der Waals surface area contributed by atoms with E-state index >= 15 is 0 Å². The quantitative estimate of drug-likeness (QED) is 0.450. The van der Waals surface area contributed by atoms with Crippen molar-refractivity contribution < 1.29 is 35.9 Å². The van der Waals surface area contributed by atoms with Gasteiger partial charge in [-0.2, -0.15) is 5.26 Å². The van der Waals surface area contributed by atoms with Crippen LogP contribution in [0.4, 0.5) is 13.2 Å². The van der Waals surface area contributed by atoms with Gasteiger partial charge in [-0.15, -0.1) is 13.2 Å². The van der Waals surface area contributed by atoms with E-state index in [1.54, 1.807) is 18.2 Å². The maximum Gasteiger partial charge on any atom is 0.573 e. The summed E-state index contributed by atoms with van der Waals surface area (Å²) in [6.45, 7) is 0. The van der Waals surface area contributed by atoms with Crippen molar-refractivity contribution in [1.29, 1.82) is 5.26 Å². The standard InChI is InChI=1S/C29H32F3N3O5S/c30-29(31,32)40-24-11-5-9-22(18-24)21-8-4-10-23(17-21)26(36)34-25(16-20-6-2-1-3-7-20)27(37)35-28(19-33)12-14-41(38,39)15-13-28/h4-5,8-11,17-18,20,25H,1-3,6-7,12-16H2,(H,34,36)(H,35,37)/t25-/m0/s1. The summed E-state index contributed by atoms with van der Waals surface area (Å²) in [4.78, 5) is 26.8. The summed E-state index contributed by atoms with van der Waals surface area (Å²) in [7, 11) is -3.27. The number of rotatable bonds is 8. The zero-order valence-electron chi connectivity index (χ0n) is 22.4. The molecule has 1 heterocycles. The van der Waals surface area contributed by atoms with E-state index in [9.17, 15) is 36.4 Å². The second kappa shape index (κ2) is 12.5. The third kappa shape index (κ3) is 8.45. The van der Waals surface area contributed by atoms with Crippen molar-refractivity contribution in [2.75, 3.05) is 11.5 Å². The fraction of sp³-hybridized carbons (Fsp3) is 0.483. The molecule has 0 radical (unpaired) electrons. The second-order valence-electron chi connectivity index (χ2n) is 10.8. The minimum atomic E-state index is -4.84. The Labute approximate surface area is 237 Å². The van der Waals surface area contributed by atoms with Crippen LogP contribution in [-0.2, 0) is 14.6 Å². The lowest BCUT2D eigenvalue weighted by atomic mass is 9.84. The Morgan fingerprint density at radius 1 is 1.02 bits per heavy atom. The Balaban J connectivity index is 1.53. The predicted molar refractivity (Wildman–Crippen MR) is 145 cm³/mol. The predicted octanol–water partition coefficient (Wildman–Crippen LogP) is 4.91. The lowest BCUT2D eigenvalue weighted by molar-refractivity contribution is -0.274. The van der Waals surface area contributed by atoms with Gasteiger partial charge in [0.2, 0.25) is 5.91 Å². The largest absolute Gasteiger partial charge is 0.573 e. The molecule has 2 aliphatic rings. The number of carbonyl (C=O) groups is 2. The summed E-state index contributed by atoms with van der Waals surface area (Å²) >= 11 is 0. The van der Waals surface area contributed by atoms with Crippen molar-refractivity contribution in [3.05, 3.63) is 54.1 Å². The van der Waals surface area contributed by atoms with Gasteiger partial charge in [0.05, 0.1) is 17.6 Å². The van der Waals surface area contributed by atoms with Crippen LogP contribution >= 0.6 is 0 Å². The smallest absolute Gasteiger partial charge is 0.406 e. The van der Waals surface area contributed by atoms with Gasteiger partial charge < -0.3 is 15.4 Å². The minimum absolute atomic E-state index is 0.0270. The molecule has 41 heavy (non-hydrogen) atoms. The van der Waals surface area contributed by atoms with Crippen LogP contribution in [0.25, 0.3) is 11.1 Å². The molecule has 2 aromatic rings. The van der Waals surface area contributed by atoms with Gasteiger partial charge >= 0.3 is 6.36 Å². The third-order valence-corrected chi connectivity index (χ3v) is 9.35. The SMILES string of the molecule is N#CC1(NC(=O)[C@H](CC2CCCCC2)NC(=O)c2cccc(-c3cccc(OC(F)(F)F)c3)c2)CCS(=O)(=O)CC1. The zero-order valence-corrected chi connectivity index (χ0v) is 23.2. The first-order valence-electron chi connectivity index (χ1n) is 13.6. The number of alkyl halides is 3. The lowest BCUT2D eigenvalue weighted by Crippen LogP contribution is -2.58. The molecule has 2 fully saturated rings. The van der Waals surface area contributed by atoms with Crippen LogP contribution in [0.5, 0.6) is 5.75 Å². The number of carbonyl (C=O) groups excluding carboxylic acids is 2. The molecule has 1 saturated carbocycles. The highest BCUT2D eigenvalue weighted by atomic mass is 32.2. The molecule has 0 bridgehead atoms. The Morgan fingerprint density at radius 3 is 2.29 bits per heavy atom. The van der Waals surface area contributed by atoms with Gasteiger partial charge in [-0.25, -0.2) is 8.42 Å². The number of nitriles is 1. The number of sulfone groups is 1. The van der Waals surface area contributed by atoms with E-state index in [1.165, 1.54) is 30.3 Å². The van der Waals surface area contributed by atoms with Crippen molar-refractivity contribution >= 4 is 21.7 Å². The Bertz CT molecular complexity index is 1400. The molecule has 2 N–H and O–H groups in total. The van der Waals surface area contributed by atoms with Crippen LogP contribution in [0.1, 0.15) is 61.7 Å². The molecule has 8 nitrogen and oxygen atoms in total. The number of amides is 2. The molecule has 1 saturated heterocycles. The number of halogens is 3. The first kappa shape index (κ1) is 30.4. The van der Waals surface area contributed by atoms with E-state index < -0.39 is 45.3 Å². The topological polar surface area (TPSA) is 125 Å². The first-order chi connectivity index (χ1) is 19.4. The van der Waals surface area contributed by atoms with E-state index in [0.29, 0.717) is 17.5 Å². The number of benzene rings is 2. The van der Waals surface area contributed by atoms with Crippen molar-refractivity contribution in [2.24, 2.45) is 5.92 Å². The summed E-state index contributed by atoms with van der Waals surface area (Å²) in [5.41, 5.74) is -0.252. The Hall–Kier alpha value is -3.59. The number of hydrogen-bond donors (Lipinski definition) is 2. The number of ether oxygens (including phenoxy) is 1. The van der Waals surface area contributed by atoms with Gasteiger partial charge in [0.15, 0.2) is 9.84 Å². The van der Waals surface area contributed by atoms with Crippen LogP contribution in [0.3, 0.4) is 0 Å². The van der Waals surface area contributed by atoms with Crippen LogP contribution < -0.4 is 15.4 Å². The summed E-state index contributed by atoms with van der Waals surface area (Å²) in [5, 5.41) is 15.4. The van der Waals surface area contributed by atoms with E-state index in [4.69, 9.17) is 0 Å². The number of nitrogens with one attached hydrogen (secondary N) is 2. The fourth-order valence-electron chi connectivity index (χ4n) is 5.42. The molecule has 0 unspecified atom stereocenters. The van der Waals surface area contributed by atoms with Gasteiger partial charge in [0.25, 0.3) is 5.91 Å². The molecule has 2 aromatic carbocycles. The van der Waals surface area contributed by atoms with Gasteiger partial charge in [-0.3, -0.25) is 9.59 Å².